The van der Waals surface area contributed by atoms with E-state index in [0.717, 1.165) is 30.3 Å². The molecule has 1 aliphatic rings. The number of thiocarbonyl (C=S) groups is 1. The molecule has 2 heterocycles. The summed E-state index contributed by atoms with van der Waals surface area (Å²) in [5.74, 6) is -0.359. The lowest BCUT2D eigenvalue weighted by atomic mass is 10.4. The zero-order valence-electron chi connectivity index (χ0n) is 10.8. The maximum Gasteiger partial charge on any atom is 0.279 e. The van der Waals surface area contributed by atoms with Crippen molar-refractivity contribution >= 4 is 51.5 Å². The first-order valence-corrected chi connectivity index (χ1v) is 8.48. The Labute approximate surface area is 131 Å². The van der Waals surface area contributed by atoms with E-state index in [1.165, 1.54) is 23.1 Å². The van der Waals surface area contributed by atoms with Crippen LogP contribution in [0.5, 0.6) is 0 Å². The van der Waals surface area contributed by atoms with Crippen LogP contribution in [0.4, 0.5) is 0 Å². The third-order valence-electron chi connectivity index (χ3n) is 2.75. The molecule has 1 saturated heterocycles. The first-order valence-electron chi connectivity index (χ1n) is 6.21. The minimum Gasteiger partial charge on any atom is -0.358 e. The average molecular weight is 329 g/mol. The molecule has 0 aromatic carbocycles. The predicted octanol–water partition coefficient (Wildman–Crippen LogP) is 1.62. The molecule has 5 nitrogen and oxygen atoms in total. The Balaban J connectivity index is 1.65. The molecule has 0 unspecified atom stereocenters. The van der Waals surface area contributed by atoms with E-state index in [9.17, 15) is 9.59 Å². The lowest BCUT2D eigenvalue weighted by molar-refractivity contribution is -0.119. The molecule has 2 rings (SSSR count). The van der Waals surface area contributed by atoms with Crippen LogP contribution in [0.1, 0.15) is 22.5 Å². The summed E-state index contributed by atoms with van der Waals surface area (Å²) in [6.45, 7) is 1.95. The van der Waals surface area contributed by atoms with E-state index in [1.54, 1.807) is 17.5 Å². The van der Waals surface area contributed by atoms with Crippen LogP contribution >= 0.6 is 35.3 Å². The number of rotatable bonds is 3. The summed E-state index contributed by atoms with van der Waals surface area (Å²) in [5.41, 5.74) is 4.77. The standard InChI is InChI=1S/C12H15N3O2S3/c16-10(8-20-12(18)15-5-1-2-6-15)13-14-11(17)9-4-3-7-19-9/h3-4,7H,1-2,5-6,8H2,(H,13,16)(H,14,17). The van der Waals surface area contributed by atoms with Gasteiger partial charge in [-0.15, -0.1) is 11.3 Å². The van der Waals surface area contributed by atoms with Crippen LogP contribution in [0.2, 0.25) is 0 Å². The maximum absolute atomic E-state index is 11.6. The van der Waals surface area contributed by atoms with Crippen LogP contribution in [0, 0.1) is 0 Å². The summed E-state index contributed by atoms with van der Waals surface area (Å²) in [7, 11) is 0. The van der Waals surface area contributed by atoms with Gasteiger partial charge in [-0.1, -0.05) is 30.0 Å². The summed E-state index contributed by atoms with van der Waals surface area (Å²) in [4.78, 5) is 25.9. The number of thiophene rings is 1. The van der Waals surface area contributed by atoms with Crippen molar-refractivity contribution in [3.05, 3.63) is 22.4 Å². The van der Waals surface area contributed by atoms with E-state index in [2.05, 4.69) is 15.8 Å². The first kappa shape index (κ1) is 15.3. The van der Waals surface area contributed by atoms with E-state index >= 15 is 0 Å². The summed E-state index contributed by atoms with van der Waals surface area (Å²) in [6, 6.07) is 3.48. The number of carbonyl (C=O) groups excluding carboxylic acids is 2. The highest BCUT2D eigenvalue weighted by molar-refractivity contribution is 8.23. The fourth-order valence-electron chi connectivity index (χ4n) is 1.75. The second-order valence-electron chi connectivity index (χ2n) is 4.23. The second-order valence-corrected chi connectivity index (χ2v) is 6.79. The van der Waals surface area contributed by atoms with Crippen molar-refractivity contribution in [2.24, 2.45) is 0 Å². The van der Waals surface area contributed by atoms with Crippen LogP contribution in [0.15, 0.2) is 17.5 Å². The quantitative estimate of drug-likeness (QED) is 0.652. The van der Waals surface area contributed by atoms with Gasteiger partial charge in [0, 0.05) is 13.1 Å². The van der Waals surface area contributed by atoms with Crippen LogP contribution < -0.4 is 10.9 Å². The van der Waals surface area contributed by atoms with Gasteiger partial charge in [-0.25, -0.2) is 0 Å². The van der Waals surface area contributed by atoms with Gasteiger partial charge in [0.2, 0.25) is 5.91 Å². The maximum atomic E-state index is 11.6. The Morgan fingerprint density at radius 3 is 2.75 bits per heavy atom. The predicted molar refractivity (Wildman–Crippen MR) is 85.8 cm³/mol. The minimum absolute atomic E-state index is 0.208. The molecule has 0 saturated carbocycles. The first-order chi connectivity index (χ1) is 9.66. The van der Waals surface area contributed by atoms with Gasteiger partial charge in [0.15, 0.2) is 0 Å². The molecule has 1 aromatic heterocycles. The van der Waals surface area contributed by atoms with E-state index in [1.807, 2.05) is 0 Å². The number of nitrogens with one attached hydrogen (secondary N) is 2. The summed E-state index contributed by atoms with van der Waals surface area (Å²) in [6.07, 6.45) is 2.31. The fraction of sp³-hybridized carbons (Fsp3) is 0.417. The van der Waals surface area contributed by atoms with Gasteiger partial charge < -0.3 is 4.90 Å². The van der Waals surface area contributed by atoms with Crippen molar-refractivity contribution in [1.82, 2.24) is 15.8 Å². The van der Waals surface area contributed by atoms with Gasteiger partial charge in [-0.05, 0) is 24.3 Å². The number of amides is 2. The number of thioether (sulfide) groups is 1. The molecule has 1 fully saturated rings. The molecule has 2 N–H and O–H groups in total. The zero-order valence-corrected chi connectivity index (χ0v) is 13.2. The van der Waals surface area contributed by atoms with Crippen molar-refractivity contribution in [3.8, 4) is 0 Å². The van der Waals surface area contributed by atoms with Crippen LogP contribution in [-0.4, -0.2) is 39.9 Å². The van der Waals surface area contributed by atoms with Crippen LogP contribution in [0.25, 0.3) is 0 Å². The van der Waals surface area contributed by atoms with Crippen molar-refractivity contribution in [2.75, 3.05) is 18.8 Å². The molecule has 2 amide bonds. The molecule has 1 aliphatic heterocycles. The molecule has 108 valence electrons. The molecule has 0 aliphatic carbocycles. The highest BCUT2D eigenvalue weighted by atomic mass is 32.2. The van der Waals surface area contributed by atoms with Crippen LogP contribution in [-0.2, 0) is 4.79 Å². The van der Waals surface area contributed by atoms with Crippen molar-refractivity contribution in [3.63, 3.8) is 0 Å². The number of hydrazine groups is 1. The van der Waals surface area contributed by atoms with Crippen LogP contribution in [0.3, 0.4) is 0 Å². The Morgan fingerprint density at radius 1 is 1.35 bits per heavy atom. The molecule has 20 heavy (non-hydrogen) atoms. The Morgan fingerprint density at radius 2 is 2.10 bits per heavy atom. The molecular weight excluding hydrogens is 314 g/mol. The molecule has 0 spiro atoms. The number of carbonyl (C=O) groups is 2. The van der Waals surface area contributed by atoms with E-state index in [0.29, 0.717) is 4.88 Å². The fourth-order valence-corrected chi connectivity index (χ4v) is 3.42. The molecule has 0 atom stereocenters. The third kappa shape index (κ3) is 4.46. The lowest BCUT2D eigenvalue weighted by Gasteiger charge is -2.17. The largest absolute Gasteiger partial charge is 0.358 e. The normalized spacial score (nSPS) is 14.1. The summed E-state index contributed by atoms with van der Waals surface area (Å²) in [5, 5.41) is 1.81. The van der Waals surface area contributed by atoms with Gasteiger partial charge in [0.25, 0.3) is 5.91 Å². The highest BCUT2D eigenvalue weighted by Crippen LogP contribution is 2.15. The van der Waals surface area contributed by atoms with Crippen molar-refractivity contribution in [2.45, 2.75) is 12.8 Å². The van der Waals surface area contributed by atoms with E-state index in [4.69, 9.17) is 12.2 Å². The van der Waals surface area contributed by atoms with E-state index < -0.39 is 0 Å². The number of nitrogens with zero attached hydrogens (tertiary/aromatic N) is 1. The van der Waals surface area contributed by atoms with Gasteiger partial charge in [0.1, 0.15) is 4.32 Å². The summed E-state index contributed by atoms with van der Waals surface area (Å²) < 4.78 is 0.752. The molecular formula is C12H15N3O2S3. The Kier molecular flexibility index (Phi) is 5.81. The van der Waals surface area contributed by atoms with Gasteiger partial charge in [0.05, 0.1) is 10.6 Å². The molecule has 0 radical (unpaired) electrons. The summed E-state index contributed by atoms with van der Waals surface area (Å²) >= 11 is 7.91. The van der Waals surface area contributed by atoms with Crippen molar-refractivity contribution in [1.29, 1.82) is 0 Å². The smallest absolute Gasteiger partial charge is 0.279 e. The number of hydrogen-bond acceptors (Lipinski definition) is 5. The minimum atomic E-state index is -0.305. The topological polar surface area (TPSA) is 61.4 Å². The molecule has 8 heteroatoms. The Hall–Kier alpha value is -1.12. The molecule has 0 bridgehead atoms. The van der Waals surface area contributed by atoms with Gasteiger partial charge >= 0.3 is 0 Å². The van der Waals surface area contributed by atoms with Crippen molar-refractivity contribution < 1.29 is 9.59 Å². The zero-order chi connectivity index (χ0) is 14.4. The third-order valence-corrected chi connectivity index (χ3v) is 5.14. The Bertz CT molecular complexity index is 484. The highest BCUT2D eigenvalue weighted by Gasteiger charge is 2.16. The van der Waals surface area contributed by atoms with Gasteiger partial charge in [-0.3, -0.25) is 20.4 Å². The number of hydrogen-bond donors (Lipinski definition) is 2. The SMILES string of the molecule is O=C(CSC(=S)N1CCCC1)NNC(=O)c1cccs1. The van der Waals surface area contributed by atoms with E-state index in [-0.39, 0.29) is 17.6 Å². The lowest BCUT2D eigenvalue weighted by Crippen LogP contribution is -2.42. The monoisotopic (exact) mass is 329 g/mol. The average Bonchev–Trinajstić information content (AvgIpc) is 3.14. The molecule has 1 aromatic rings. The second kappa shape index (κ2) is 7.61. The number of likely N-dealkylation sites (tertiary alicyclic amines) is 1. The van der Waals surface area contributed by atoms with Gasteiger partial charge in [-0.2, -0.15) is 0 Å².